The Morgan fingerprint density at radius 1 is 0.394 bits per heavy atom. The van der Waals surface area contributed by atoms with Crippen LogP contribution in [-0.2, 0) is 48.2 Å². The number of aliphatic carboxylic acids is 1. The van der Waals surface area contributed by atoms with Crippen LogP contribution in [0.15, 0.2) is 140 Å². The highest BCUT2D eigenvalue weighted by molar-refractivity contribution is 7.17. The van der Waals surface area contributed by atoms with E-state index in [-0.39, 0.29) is 110 Å². The number of nitrogens with one attached hydrogen (secondary N) is 8. The summed E-state index contributed by atoms with van der Waals surface area (Å²) in [5, 5.41) is 67.5. The van der Waals surface area contributed by atoms with Crippen LogP contribution in [0.1, 0.15) is 133 Å². The van der Waals surface area contributed by atoms with Crippen molar-refractivity contribution in [3.8, 4) is 17.2 Å². The van der Waals surface area contributed by atoms with Crippen LogP contribution in [0.25, 0.3) is 0 Å². The molecule has 0 saturated heterocycles. The second-order valence-corrected chi connectivity index (χ2v) is 25.2. The molecule has 0 aliphatic carbocycles. The zero-order valence-electron chi connectivity index (χ0n) is 56.2. The number of hydrogen-bond acceptors (Lipinski definition) is 23. The van der Waals surface area contributed by atoms with E-state index in [0.717, 1.165) is 52.7 Å². The van der Waals surface area contributed by atoms with Gasteiger partial charge in [-0.2, -0.15) is 0 Å². The zero-order chi connectivity index (χ0) is 75.6. The highest BCUT2D eigenvalue weighted by atomic mass is 35.5. The number of nitrogens with two attached hydrogens (primary N) is 1. The lowest BCUT2D eigenvalue weighted by atomic mass is 10.1. The number of phenolic OH excluding ortho intramolecular Hbond substituents is 3. The van der Waals surface area contributed by atoms with Gasteiger partial charge in [0.1, 0.15) is 35.4 Å². The van der Waals surface area contributed by atoms with Gasteiger partial charge >= 0.3 is 29.8 Å². The fourth-order valence-electron chi connectivity index (χ4n) is 9.12. The van der Waals surface area contributed by atoms with Gasteiger partial charge in [-0.1, -0.05) is 48.5 Å². The predicted octanol–water partition coefficient (Wildman–Crippen LogP) is 5.53. The van der Waals surface area contributed by atoms with E-state index < -0.39 is 95.9 Å². The quantitative estimate of drug-likeness (QED) is 0.0222. The molecule has 548 valence electrons. The number of thiophene rings is 3. The van der Waals surface area contributed by atoms with Gasteiger partial charge in [0.15, 0.2) is 0 Å². The molecule has 5 aromatic carbocycles. The normalized spacial score (nSPS) is 11.2. The van der Waals surface area contributed by atoms with Crippen LogP contribution in [0.5, 0.6) is 17.2 Å². The maximum atomic E-state index is 13.0. The topological polar surface area (TPSA) is 473 Å². The lowest BCUT2D eigenvalue weighted by Crippen LogP contribution is -2.49. The molecule has 8 rings (SSSR count). The molecule has 0 aliphatic rings. The number of esters is 3. The van der Waals surface area contributed by atoms with Crippen molar-refractivity contribution in [3.05, 3.63) is 224 Å². The van der Waals surface area contributed by atoms with E-state index >= 15 is 0 Å². The van der Waals surface area contributed by atoms with Crippen molar-refractivity contribution >= 4 is 124 Å². The molecule has 3 atom stereocenters. The fourth-order valence-corrected chi connectivity index (χ4v) is 12.1. The van der Waals surface area contributed by atoms with Crippen LogP contribution < -0.4 is 48.3 Å². The van der Waals surface area contributed by atoms with Crippen molar-refractivity contribution in [2.24, 2.45) is 5.73 Å². The van der Waals surface area contributed by atoms with Crippen LogP contribution >= 0.6 is 46.4 Å². The number of carboxylic acids is 2. The molecule has 8 aromatic rings. The molecule has 0 bridgehead atoms. The van der Waals surface area contributed by atoms with Gasteiger partial charge in [0, 0.05) is 50.4 Å². The van der Waals surface area contributed by atoms with Gasteiger partial charge < -0.3 is 88.0 Å². The van der Waals surface area contributed by atoms with Crippen molar-refractivity contribution in [2.45, 2.75) is 58.5 Å². The number of phenols is 3. The summed E-state index contributed by atoms with van der Waals surface area (Å²) in [5.74, 6) is -8.71. The summed E-state index contributed by atoms with van der Waals surface area (Å²) in [5.41, 5.74) is 9.45. The van der Waals surface area contributed by atoms with Gasteiger partial charge in [-0.25, -0.2) is 24.0 Å². The minimum atomic E-state index is -1.48. The number of carboxylic acid groups (broad SMARTS) is 2. The van der Waals surface area contributed by atoms with Crippen LogP contribution in [0.3, 0.4) is 0 Å². The minimum absolute atomic E-state index is 0. The Labute approximate surface area is 611 Å². The number of ether oxygens (including phenoxy) is 3. The molecule has 3 aromatic heterocycles. The SMILES string of the molecule is COC(=O)[C@H](CN)NC(=O)c1sc(C(=O)NCc2cccc(O)c2)cc1C.COC(=O)c1cccc(C(=O)NC[C@H](NC(=O)c2sc(C(=O)NCc3cccc(O)c3)cc2C)C(=O)OC)c1.Cc1cc(C(=O)NCc2cccc(O)c2)sc1C(=O)N[C@@H](CNC(=O)c1cccc(C(=O)O)c1)C(=O)O.Cl. The van der Waals surface area contributed by atoms with E-state index in [1.165, 1.54) is 87.0 Å². The second-order valence-electron chi connectivity index (χ2n) is 22.0. The number of aromatic hydroxyl groups is 3. The van der Waals surface area contributed by atoms with Crippen molar-refractivity contribution in [3.63, 3.8) is 0 Å². The molecule has 8 amide bonds. The molecule has 0 unspecified atom stereocenters. The first-order valence-electron chi connectivity index (χ1n) is 30.6. The number of aromatic carboxylic acids is 1. The van der Waals surface area contributed by atoms with E-state index in [0.29, 0.717) is 37.6 Å². The van der Waals surface area contributed by atoms with Crippen LogP contribution in [0.2, 0.25) is 0 Å². The van der Waals surface area contributed by atoms with Crippen molar-refractivity contribution in [1.82, 2.24) is 42.5 Å². The summed E-state index contributed by atoms with van der Waals surface area (Å²) >= 11 is 2.85. The van der Waals surface area contributed by atoms with Crippen molar-refractivity contribution in [1.29, 1.82) is 0 Å². The van der Waals surface area contributed by atoms with Gasteiger partial charge in [-0.3, -0.25) is 38.4 Å². The molecule has 30 nitrogen and oxygen atoms in total. The number of amides is 8. The Morgan fingerprint density at radius 2 is 0.721 bits per heavy atom. The van der Waals surface area contributed by atoms with Crippen LogP contribution in [0.4, 0.5) is 0 Å². The molecule has 0 fully saturated rings. The number of benzene rings is 5. The second kappa shape index (κ2) is 39.8. The molecule has 0 radical (unpaired) electrons. The summed E-state index contributed by atoms with van der Waals surface area (Å²) in [4.78, 5) is 160. The lowest BCUT2D eigenvalue weighted by Gasteiger charge is -2.17. The Hall–Kier alpha value is -12.0. The third kappa shape index (κ3) is 24.4. The Kier molecular flexibility index (Phi) is 31.6. The third-order valence-corrected chi connectivity index (χ3v) is 18.1. The Bertz CT molecular complexity index is 4500. The molecule has 3 heterocycles. The number of halogens is 1. The molecule has 0 spiro atoms. The highest BCUT2D eigenvalue weighted by Crippen LogP contribution is 2.26. The minimum Gasteiger partial charge on any atom is -0.508 e. The maximum Gasteiger partial charge on any atom is 0.337 e. The van der Waals surface area contributed by atoms with E-state index in [2.05, 4.69) is 52.0 Å². The van der Waals surface area contributed by atoms with E-state index in [1.807, 2.05) is 0 Å². The van der Waals surface area contributed by atoms with E-state index in [4.69, 9.17) is 15.6 Å². The molecule has 0 saturated carbocycles. The van der Waals surface area contributed by atoms with E-state index in [1.54, 1.807) is 81.4 Å². The summed E-state index contributed by atoms with van der Waals surface area (Å²) in [6.45, 7) is 4.68. The molecular weight excluding hydrogens is 1430 g/mol. The predicted molar refractivity (Wildman–Crippen MR) is 383 cm³/mol. The van der Waals surface area contributed by atoms with Gasteiger partial charge in [-0.15, -0.1) is 46.4 Å². The molecule has 0 aliphatic heterocycles. The number of aryl methyl sites for hydroxylation is 3. The number of carbonyl (C=O) groups is 13. The first-order valence-corrected chi connectivity index (χ1v) is 33.1. The van der Waals surface area contributed by atoms with Crippen molar-refractivity contribution in [2.75, 3.05) is 41.0 Å². The summed E-state index contributed by atoms with van der Waals surface area (Å²) < 4.78 is 14.0. The number of methoxy groups -OCH3 is 3. The molecular formula is C70H72ClN9O21S3. The van der Waals surface area contributed by atoms with Crippen LogP contribution in [-0.4, -0.2) is 162 Å². The lowest BCUT2D eigenvalue weighted by molar-refractivity contribution is -0.143. The largest absolute Gasteiger partial charge is 0.508 e. The number of hydrogen-bond donors (Lipinski definition) is 14. The first kappa shape index (κ1) is 82.6. The summed E-state index contributed by atoms with van der Waals surface area (Å²) in [6, 6.07) is 31.4. The monoisotopic (exact) mass is 1510 g/mol. The van der Waals surface area contributed by atoms with Crippen LogP contribution in [0, 0.1) is 20.8 Å². The van der Waals surface area contributed by atoms with Gasteiger partial charge in [-0.05, 0) is 145 Å². The Balaban J connectivity index is 0.000000284. The fraction of sp³-hybridized carbons (Fsp3) is 0.214. The van der Waals surface area contributed by atoms with Gasteiger partial charge in [0.2, 0.25) is 0 Å². The Morgan fingerprint density at radius 3 is 1.07 bits per heavy atom. The number of carbonyl (C=O) groups excluding carboxylic acids is 11. The molecule has 15 N–H and O–H groups in total. The third-order valence-electron chi connectivity index (χ3n) is 14.4. The van der Waals surface area contributed by atoms with Gasteiger partial charge in [0.05, 0.1) is 61.7 Å². The van der Waals surface area contributed by atoms with Crippen molar-refractivity contribution < 1.29 is 102 Å². The summed E-state index contributed by atoms with van der Waals surface area (Å²) in [7, 11) is 3.58. The van der Waals surface area contributed by atoms with E-state index in [9.17, 15) is 82.8 Å². The molecule has 34 heteroatoms. The maximum absolute atomic E-state index is 13.0. The zero-order valence-corrected chi connectivity index (χ0v) is 59.5. The molecule has 104 heavy (non-hydrogen) atoms. The first-order chi connectivity index (χ1) is 49.0. The highest BCUT2D eigenvalue weighted by Gasteiger charge is 2.29. The number of rotatable bonds is 27. The van der Waals surface area contributed by atoms with Gasteiger partial charge in [0.25, 0.3) is 47.3 Å². The standard InChI is InChI=1S/C27H27N3O8S.C25H23N3O8S.C18H21N3O5S.ClH/c1-15-10-21(24(33)28-13-16-6-4-9-19(31)11-16)39-22(15)25(34)30-20(27(36)38-3)14-29-23(32)17-7-5-8-18(12-17)26(35)37-2;1-13-8-19(22(31)26-11-14-4-2-7-17(29)9-14)37-20(13)23(32)28-18(25(35)36)12-27-21(30)15-5-3-6-16(10-15)24(33)34;1-10-6-14(16(23)20-9-11-4-3-5-12(22)7-11)27-15(10)17(24)21-13(8-19)18(25)26-2;/h4-12,20,31H,13-14H2,1-3H3,(H,28,33)(H,29,32)(H,30,34);2-10,18,29H,11-12H2,1H3,(H,26,31)(H,27,30)(H,28,32)(H,33,34)(H,35,36);3-7,13,22H,8-9,19H2,1-2H3,(H,20,23)(H,21,24);1H/t20-;18-;13-;/m000./s1. The average molecular weight is 1510 g/mol. The average Bonchev–Trinajstić information content (AvgIpc) is 1.57. The smallest absolute Gasteiger partial charge is 0.337 e. The summed E-state index contributed by atoms with van der Waals surface area (Å²) in [6.07, 6.45) is 0.